The lowest BCUT2D eigenvalue weighted by Crippen LogP contribution is -2.05. The van der Waals surface area contributed by atoms with E-state index in [1.54, 1.807) is 18.2 Å². The van der Waals surface area contributed by atoms with Crippen LogP contribution in [0.1, 0.15) is 27.3 Å². The molecule has 0 unspecified atom stereocenters. The van der Waals surface area contributed by atoms with Gasteiger partial charge in [-0.2, -0.15) is 5.26 Å². The van der Waals surface area contributed by atoms with Gasteiger partial charge < -0.3 is 4.40 Å². The Morgan fingerprint density at radius 2 is 2.05 bits per heavy atom. The number of rotatable bonds is 2. The molecule has 3 rings (SSSR count). The molecule has 0 bridgehead atoms. The van der Waals surface area contributed by atoms with Crippen molar-refractivity contribution in [3.05, 3.63) is 64.3 Å². The number of carbonyl (C=O) groups is 1. The maximum Gasteiger partial charge on any atom is 0.209 e. The van der Waals surface area contributed by atoms with Gasteiger partial charge in [-0.25, -0.2) is 0 Å². The van der Waals surface area contributed by atoms with Crippen molar-refractivity contribution in [3.63, 3.8) is 0 Å². The maximum absolute atomic E-state index is 12.5. The second-order valence-electron chi connectivity index (χ2n) is 4.27. The molecule has 3 aromatic rings. The highest BCUT2D eigenvalue weighted by Gasteiger charge is 2.18. The Kier molecular flexibility index (Phi) is 2.69. The van der Waals surface area contributed by atoms with E-state index in [2.05, 4.69) is 6.07 Å². The van der Waals surface area contributed by atoms with Crippen molar-refractivity contribution in [3.8, 4) is 6.07 Å². The summed E-state index contributed by atoms with van der Waals surface area (Å²) in [5, 5.41) is 11.1. The highest BCUT2D eigenvalue weighted by Crippen LogP contribution is 2.26. The minimum Gasteiger partial charge on any atom is -0.300 e. The van der Waals surface area contributed by atoms with Gasteiger partial charge in [0.25, 0.3) is 0 Å². The van der Waals surface area contributed by atoms with E-state index >= 15 is 0 Å². The van der Waals surface area contributed by atoms with Gasteiger partial charge in [-0.05, 0) is 13.0 Å². The van der Waals surface area contributed by atoms with Crippen LogP contribution in [0, 0.1) is 18.3 Å². The Morgan fingerprint density at radius 3 is 2.74 bits per heavy atom. The van der Waals surface area contributed by atoms with Crippen LogP contribution in [0.2, 0.25) is 0 Å². The van der Waals surface area contributed by atoms with Crippen LogP contribution >= 0.6 is 11.3 Å². The fraction of sp³-hybridized carbons (Fsp3) is 0.0667. The van der Waals surface area contributed by atoms with Crippen LogP contribution in [-0.4, -0.2) is 10.2 Å². The van der Waals surface area contributed by atoms with Gasteiger partial charge in [-0.1, -0.05) is 30.3 Å². The van der Waals surface area contributed by atoms with E-state index in [0.29, 0.717) is 16.8 Å². The van der Waals surface area contributed by atoms with Gasteiger partial charge in [0.15, 0.2) is 0 Å². The Hall–Kier alpha value is -2.38. The van der Waals surface area contributed by atoms with Gasteiger partial charge in [0.2, 0.25) is 5.78 Å². The zero-order valence-electron chi connectivity index (χ0n) is 10.3. The fourth-order valence-electron chi connectivity index (χ4n) is 2.14. The third-order valence-corrected chi connectivity index (χ3v) is 4.12. The molecule has 0 aliphatic heterocycles. The summed E-state index contributed by atoms with van der Waals surface area (Å²) in [7, 11) is 0. The zero-order valence-corrected chi connectivity index (χ0v) is 11.1. The first-order valence-electron chi connectivity index (χ1n) is 5.82. The lowest BCUT2D eigenvalue weighted by Gasteiger charge is -2.01. The third kappa shape index (κ3) is 1.76. The number of hydrogen-bond donors (Lipinski definition) is 0. The molecule has 4 heteroatoms. The van der Waals surface area contributed by atoms with E-state index in [-0.39, 0.29) is 5.78 Å². The van der Waals surface area contributed by atoms with Gasteiger partial charge in [0.1, 0.15) is 10.9 Å². The molecular formula is C15H10N2OS. The van der Waals surface area contributed by atoms with Gasteiger partial charge >= 0.3 is 0 Å². The molecule has 0 amide bonds. The van der Waals surface area contributed by atoms with E-state index < -0.39 is 0 Å². The molecule has 19 heavy (non-hydrogen) atoms. The Bertz CT molecular complexity index is 806. The van der Waals surface area contributed by atoms with E-state index in [9.17, 15) is 4.79 Å². The second kappa shape index (κ2) is 4.38. The molecule has 0 aliphatic rings. The molecule has 0 N–H and O–H groups in total. The van der Waals surface area contributed by atoms with Crippen molar-refractivity contribution in [2.75, 3.05) is 0 Å². The lowest BCUT2D eigenvalue weighted by atomic mass is 10.1. The summed E-state index contributed by atoms with van der Waals surface area (Å²) in [6, 6.07) is 12.9. The second-order valence-corrected chi connectivity index (χ2v) is 5.13. The molecule has 2 aromatic heterocycles. The molecule has 0 atom stereocenters. The summed E-state index contributed by atoms with van der Waals surface area (Å²) in [5.41, 5.74) is 2.71. The van der Waals surface area contributed by atoms with Crippen LogP contribution in [0.25, 0.3) is 4.83 Å². The summed E-state index contributed by atoms with van der Waals surface area (Å²) in [6.07, 6.45) is 0. The number of aryl methyl sites for hydroxylation is 1. The smallest absolute Gasteiger partial charge is 0.209 e. The summed E-state index contributed by atoms with van der Waals surface area (Å²) in [6.45, 7) is 1.94. The molecule has 0 aliphatic carbocycles. The van der Waals surface area contributed by atoms with Crippen molar-refractivity contribution < 1.29 is 4.79 Å². The number of fused-ring (bicyclic) bond motifs is 1. The molecule has 0 radical (unpaired) electrons. The predicted octanol–water partition coefficient (Wildman–Crippen LogP) is 3.41. The van der Waals surface area contributed by atoms with Gasteiger partial charge in [-0.3, -0.25) is 4.79 Å². The monoisotopic (exact) mass is 266 g/mol. The van der Waals surface area contributed by atoms with Crippen molar-refractivity contribution in [1.29, 1.82) is 5.26 Å². The van der Waals surface area contributed by atoms with E-state index in [0.717, 1.165) is 10.5 Å². The van der Waals surface area contributed by atoms with Crippen LogP contribution in [-0.2, 0) is 0 Å². The minimum absolute atomic E-state index is 0.0569. The highest BCUT2D eigenvalue weighted by atomic mass is 32.1. The van der Waals surface area contributed by atoms with Crippen molar-refractivity contribution in [1.82, 2.24) is 4.40 Å². The molecule has 2 heterocycles. The number of ketones is 1. The molecule has 0 saturated heterocycles. The average Bonchev–Trinajstić information content (AvgIpc) is 3.00. The van der Waals surface area contributed by atoms with E-state index in [1.807, 2.05) is 34.9 Å². The molecule has 3 nitrogen and oxygen atoms in total. The van der Waals surface area contributed by atoms with Crippen LogP contribution in [0.5, 0.6) is 0 Å². The highest BCUT2D eigenvalue weighted by molar-refractivity contribution is 7.16. The number of carbonyl (C=O) groups excluding carboxylic acids is 1. The normalized spacial score (nSPS) is 10.5. The maximum atomic E-state index is 12.5. The fourth-order valence-corrected chi connectivity index (χ4v) is 3.10. The molecule has 92 valence electrons. The molecule has 1 aromatic carbocycles. The largest absolute Gasteiger partial charge is 0.300 e. The number of hydrogen-bond acceptors (Lipinski definition) is 3. The Morgan fingerprint density at radius 1 is 1.32 bits per heavy atom. The molecular weight excluding hydrogens is 256 g/mol. The van der Waals surface area contributed by atoms with Crippen LogP contribution < -0.4 is 0 Å². The van der Waals surface area contributed by atoms with Crippen LogP contribution in [0.3, 0.4) is 0 Å². The Balaban J connectivity index is 2.24. The predicted molar refractivity (Wildman–Crippen MR) is 74.6 cm³/mol. The summed E-state index contributed by atoms with van der Waals surface area (Å²) in [5.74, 6) is -0.0569. The van der Waals surface area contributed by atoms with Crippen molar-refractivity contribution in [2.24, 2.45) is 0 Å². The first kappa shape index (κ1) is 11.7. The number of benzene rings is 1. The van der Waals surface area contributed by atoms with Crippen molar-refractivity contribution in [2.45, 2.75) is 6.92 Å². The molecule has 0 spiro atoms. The first-order valence-corrected chi connectivity index (χ1v) is 6.69. The Labute approximate surface area is 114 Å². The number of thiazole rings is 1. The van der Waals surface area contributed by atoms with Crippen LogP contribution in [0.15, 0.2) is 41.8 Å². The van der Waals surface area contributed by atoms with E-state index in [4.69, 9.17) is 5.26 Å². The summed E-state index contributed by atoms with van der Waals surface area (Å²) < 4.78 is 1.86. The van der Waals surface area contributed by atoms with Crippen LogP contribution in [0.4, 0.5) is 0 Å². The quantitative estimate of drug-likeness (QED) is 0.667. The lowest BCUT2D eigenvalue weighted by molar-refractivity contribution is 0.103. The van der Waals surface area contributed by atoms with Crippen molar-refractivity contribution >= 4 is 22.0 Å². The number of nitriles is 1. The van der Waals surface area contributed by atoms with Gasteiger partial charge in [0.05, 0.1) is 11.3 Å². The number of aromatic nitrogens is 1. The van der Waals surface area contributed by atoms with Gasteiger partial charge in [-0.15, -0.1) is 11.3 Å². The number of nitrogens with zero attached hydrogens (tertiary/aromatic N) is 2. The zero-order chi connectivity index (χ0) is 13.4. The van der Waals surface area contributed by atoms with E-state index in [1.165, 1.54) is 11.3 Å². The SMILES string of the molecule is Cc1csc2c(C#N)cc(C(=O)c3ccccc3)n12. The summed E-state index contributed by atoms with van der Waals surface area (Å²) >= 11 is 1.49. The minimum atomic E-state index is -0.0569. The summed E-state index contributed by atoms with van der Waals surface area (Å²) in [4.78, 5) is 13.3. The molecule has 0 saturated carbocycles. The average molecular weight is 266 g/mol. The molecule has 0 fully saturated rings. The third-order valence-electron chi connectivity index (χ3n) is 3.04. The van der Waals surface area contributed by atoms with Gasteiger partial charge in [0, 0.05) is 16.6 Å². The topological polar surface area (TPSA) is 45.3 Å². The first-order chi connectivity index (χ1) is 9.22. The standard InChI is InChI=1S/C15H10N2OS/c1-10-9-19-15-12(8-16)7-13(17(10)15)14(18)11-5-3-2-4-6-11/h2-7,9H,1H3.